The van der Waals surface area contributed by atoms with E-state index < -0.39 is 0 Å². The molecule has 25 heavy (non-hydrogen) atoms. The molecule has 0 aliphatic carbocycles. The summed E-state index contributed by atoms with van der Waals surface area (Å²) >= 11 is 1.32. The number of hydrogen-bond acceptors (Lipinski definition) is 6. The quantitative estimate of drug-likeness (QED) is 0.758. The number of carbonyl (C=O) groups is 1. The van der Waals surface area contributed by atoms with Crippen LogP contribution in [0.2, 0.25) is 0 Å². The van der Waals surface area contributed by atoms with Crippen molar-refractivity contribution in [2.45, 2.75) is 6.92 Å². The Labute approximate surface area is 148 Å². The van der Waals surface area contributed by atoms with Crippen molar-refractivity contribution >= 4 is 22.4 Å². The van der Waals surface area contributed by atoms with Gasteiger partial charge in [-0.15, -0.1) is 11.3 Å². The van der Waals surface area contributed by atoms with E-state index in [9.17, 15) is 9.59 Å². The Morgan fingerprint density at radius 3 is 2.88 bits per heavy atom. The predicted molar refractivity (Wildman–Crippen MR) is 95.9 cm³/mol. The Morgan fingerprint density at radius 1 is 1.36 bits per heavy atom. The minimum Gasteiger partial charge on any atom is -0.478 e. The second-order valence-electron chi connectivity index (χ2n) is 5.36. The van der Waals surface area contributed by atoms with E-state index in [0.29, 0.717) is 5.13 Å². The molecule has 0 atom stereocenters. The van der Waals surface area contributed by atoms with E-state index in [2.05, 4.69) is 15.3 Å². The molecule has 7 nitrogen and oxygen atoms in total. The Hall–Kier alpha value is -3.00. The smallest absolute Gasteiger partial charge is 0.264 e. The minimum absolute atomic E-state index is 0.139. The van der Waals surface area contributed by atoms with Gasteiger partial charge in [-0.3, -0.25) is 19.9 Å². The van der Waals surface area contributed by atoms with E-state index in [4.69, 9.17) is 4.74 Å². The number of pyridine rings is 2. The van der Waals surface area contributed by atoms with Crippen LogP contribution in [0.25, 0.3) is 11.3 Å². The highest BCUT2D eigenvalue weighted by Crippen LogP contribution is 2.24. The second-order valence-corrected chi connectivity index (χ2v) is 6.22. The molecule has 0 radical (unpaired) electrons. The summed E-state index contributed by atoms with van der Waals surface area (Å²) in [6.07, 6.45) is 4.93. The molecule has 1 amide bonds. The fraction of sp³-hybridized carbons (Fsp3) is 0.176. The first-order valence-electron chi connectivity index (χ1n) is 7.49. The second kappa shape index (κ2) is 7.27. The van der Waals surface area contributed by atoms with Crippen LogP contribution in [-0.2, 0) is 11.8 Å². The van der Waals surface area contributed by atoms with Crippen LogP contribution in [0.15, 0.2) is 47.0 Å². The maximum absolute atomic E-state index is 12.0. The lowest BCUT2D eigenvalue weighted by atomic mass is 10.2. The Balaban J connectivity index is 1.61. The third-order valence-corrected chi connectivity index (χ3v) is 4.29. The number of ether oxygens (including phenoxy) is 1. The van der Waals surface area contributed by atoms with Gasteiger partial charge in [-0.05, 0) is 19.1 Å². The molecule has 3 aromatic rings. The molecule has 3 aromatic heterocycles. The summed E-state index contributed by atoms with van der Waals surface area (Å²) in [6, 6.07) is 5.16. The number of rotatable bonds is 5. The van der Waals surface area contributed by atoms with Crippen molar-refractivity contribution in [1.29, 1.82) is 0 Å². The van der Waals surface area contributed by atoms with Crippen molar-refractivity contribution in [3.63, 3.8) is 0 Å². The highest BCUT2D eigenvalue weighted by molar-refractivity contribution is 7.14. The summed E-state index contributed by atoms with van der Waals surface area (Å²) in [5.74, 6) is -0.238. The van der Waals surface area contributed by atoms with Crippen LogP contribution in [-0.4, -0.2) is 27.0 Å². The van der Waals surface area contributed by atoms with Gasteiger partial charge in [-0.2, -0.15) is 0 Å². The summed E-state index contributed by atoms with van der Waals surface area (Å²) < 4.78 is 7.08. The topological polar surface area (TPSA) is 86.1 Å². The van der Waals surface area contributed by atoms with Crippen molar-refractivity contribution in [2.75, 3.05) is 11.9 Å². The van der Waals surface area contributed by atoms with Gasteiger partial charge in [0.15, 0.2) is 17.5 Å². The summed E-state index contributed by atoms with van der Waals surface area (Å²) in [4.78, 5) is 32.2. The van der Waals surface area contributed by atoms with E-state index in [1.807, 2.05) is 24.4 Å². The molecule has 0 aliphatic rings. The lowest BCUT2D eigenvalue weighted by Crippen LogP contribution is -2.22. The fourth-order valence-corrected chi connectivity index (χ4v) is 2.83. The normalized spacial score (nSPS) is 10.5. The molecule has 0 spiro atoms. The fourth-order valence-electron chi connectivity index (χ4n) is 2.10. The molecule has 3 heterocycles. The third kappa shape index (κ3) is 4.10. The minimum atomic E-state index is -0.377. The van der Waals surface area contributed by atoms with Crippen LogP contribution in [0.5, 0.6) is 5.75 Å². The molecular formula is C17H16N4O3S. The van der Waals surface area contributed by atoms with Gasteiger partial charge in [-0.1, -0.05) is 0 Å². The molecule has 0 saturated carbocycles. The summed E-state index contributed by atoms with van der Waals surface area (Å²) in [6.45, 7) is 1.56. The lowest BCUT2D eigenvalue weighted by Gasteiger charge is -2.08. The molecule has 0 aliphatic heterocycles. The maximum atomic E-state index is 12.0. The van der Waals surface area contributed by atoms with Gasteiger partial charge in [-0.25, -0.2) is 4.98 Å². The van der Waals surface area contributed by atoms with Gasteiger partial charge >= 0.3 is 0 Å². The SMILES string of the molecule is Cc1cc(=O)c(OCC(=O)Nc2nc(-c3ccncc3)cs2)cn1C. The number of aromatic nitrogens is 3. The monoisotopic (exact) mass is 356 g/mol. The molecule has 3 rings (SSSR count). The number of amides is 1. The number of anilines is 1. The first kappa shape index (κ1) is 16.8. The van der Waals surface area contributed by atoms with E-state index in [-0.39, 0.29) is 23.7 Å². The maximum Gasteiger partial charge on any atom is 0.264 e. The zero-order valence-electron chi connectivity index (χ0n) is 13.7. The molecule has 0 unspecified atom stereocenters. The van der Waals surface area contributed by atoms with Crippen LogP contribution < -0.4 is 15.5 Å². The van der Waals surface area contributed by atoms with Crippen molar-refractivity contribution in [3.8, 4) is 17.0 Å². The summed E-state index contributed by atoms with van der Waals surface area (Å²) in [5.41, 5.74) is 2.24. The zero-order chi connectivity index (χ0) is 17.8. The molecule has 1 N–H and O–H groups in total. The van der Waals surface area contributed by atoms with Crippen molar-refractivity contribution in [3.05, 3.63) is 58.1 Å². The Bertz CT molecular complexity index is 950. The van der Waals surface area contributed by atoms with E-state index >= 15 is 0 Å². The van der Waals surface area contributed by atoms with Crippen LogP contribution in [0.1, 0.15) is 5.69 Å². The average Bonchev–Trinajstić information content (AvgIpc) is 3.06. The molecule has 0 aromatic carbocycles. The van der Waals surface area contributed by atoms with Gasteiger partial charge in [0.05, 0.1) is 5.69 Å². The van der Waals surface area contributed by atoms with E-state index in [0.717, 1.165) is 17.0 Å². The van der Waals surface area contributed by atoms with E-state index in [1.165, 1.54) is 17.4 Å². The number of aryl methyl sites for hydroxylation is 2. The van der Waals surface area contributed by atoms with Crippen molar-refractivity contribution < 1.29 is 9.53 Å². The Kier molecular flexibility index (Phi) is 4.90. The zero-order valence-corrected chi connectivity index (χ0v) is 14.5. The van der Waals surface area contributed by atoms with Gasteiger partial charge < -0.3 is 9.30 Å². The van der Waals surface area contributed by atoms with E-state index in [1.54, 1.807) is 30.2 Å². The van der Waals surface area contributed by atoms with Crippen LogP contribution in [0, 0.1) is 6.92 Å². The molecular weight excluding hydrogens is 340 g/mol. The van der Waals surface area contributed by atoms with Gasteiger partial charge in [0.1, 0.15) is 0 Å². The third-order valence-electron chi connectivity index (χ3n) is 3.54. The first-order valence-corrected chi connectivity index (χ1v) is 8.37. The van der Waals surface area contributed by atoms with Crippen LogP contribution >= 0.6 is 11.3 Å². The highest BCUT2D eigenvalue weighted by Gasteiger charge is 2.10. The lowest BCUT2D eigenvalue weighted by molar-refractivity contribution is -0.118. The number of nitrogens with one attached hydrogen (secondary N) is 1. The summed E-state index contributed by atoms with van der Waals surface area (Å²) in [5, 5.41) is 4.99. The van der Waals surface area contributed by atoms with Crippen LogP contribution in [0.4, 0.5) is 5.13 Å². The van der Waals surface area contributed by atoms with Crippen molar-refractivity contribution in [1.82, 2.24) is 14.5 Å². The molecule has 0 bridgehead atoms. The molecule has 128 valence electrons. The first-order chi connectivity index (χ1) is 12.0. The summed E-state index contributed by atoms with van der Waals surface area (Å²) in [7, 11) is 1.80. The standard InChI is InChI=1S/C17H16N4O3S/c1-11-7-14(22)15(8-21(11)2)24-9-16(23)20-17-19-13(10-25-17)12-3-5-18-6-4-12/h3-8,10H,9H2,1-2H3,(H,19,20,23). The largest absolute Gasteiger partial charge is 0.478 e. The number of carbonyl (C=O) groups excluding carboxylic acids is 1. The molecule has 8 heteroatoms. The average molecular weight is 356 g/mol. The van der Waals surface area contributed by atoms with Gasteiger partial charge in [0.25, 0.3) is 5.91 Å². The number of nitrogens with zero attached hydrogens (tertiary/aromatic N) is 3. The predicted octanol–water partition coefficient (Wildman–Crippen LogP) is 2.23. The highest BCUT2D eigenvalue weighted by atomic mass is 32.1. The van der Waals surface area contributed by atoms with Gasteiger partial charge in [0, 0.05) is 48.3 Å². The molecule has 0 fully saturated rings. The van der Waals surface area contributed by atoms with Crippen molar-refractivity contribution in [2.24, 2.45) is 7.05 Å². The molecule has 0 saturated heterocycles. The van der Waals surface area contributed by atoms with Gasteiger partial charge in [0.2, 0.25) is 5.43 Å². The number of thiazole rings is 1. The van der Waals surface area contributed by atoms with Crippen LogP contribution in [0.3, 0.4) is 0 Å². The number of hydrogen-bond donors (Lipinski definition) is 1. The Morgan fingerprint density at radius 2 is 2.12 bits per heavy atom.